The van der Waals surface area contributed by atoms with Crippen LogP contribution in [-0.4, -0.2) is 10.9 Å². The van der Waals surface area contributed by atoms with Gasteiger partial charge in [0.25, 0.3) is 0 Å². The van der Waals surface area contributed by atoms with E-state index in [-0.39, 0.29) is 17.5 Å². The predicted molar refractivity (Wildman–Crippen MR) is 54.9 cm³/mol. The highest BCUT2D eigenvalue weighted by molar-refractivity contribution is 5.96. The van der Waals surface area contributed by atoms with Gasteiger partial charge in [0.2, 0.25) is 0 Å². The number of carbonyl (C=O) groups excluding carboxylic acids is 1. The molecule has 0 spiro atoms. The molecule has 1 saturated carbocycles. The Morgan fingerprint density at radius 3 is 2.86 bits per heavy atom. The number of aromatic hydroxyl groups is 1. The van der Waals surface area contributed by atoms with Crippen molar-refractivity contribution in [2.75, 3.05) is 0 Å². The van der Waals surface area contributed by atoms with Crippen LogP contribution in [0.2, 0.25) is 0 Å². The van der Waals surface area contributed by atoms with Crippen molar-refractivity contribution < 1.29 is 9.90 Å². The van der Waals surface area contributed by atoms with Gasteiger partial charge in [0, 0.05) is 5.92 Å². The van der Waals surface area contributed by atoms with Crippen LogP contribution >= 0.6 is 0 Å². The third kappa shape index (κ3) is 2.22. The molecular weight excluding hydrogens is 176 g/mol. The maximum Gasteiger partial charge on any atom is 0.158 e. The van der Waals surface area contributed by atoms with E-state index in [2.05, 4.69) is 0 Å². The molecule has 1 fully saturated rings. The number of ketones is 1. The van der Waals surface area contributed by atoms with Crippen molar-refractivity contribution in [3.8, 4) is 5.75 Å². The summed E-state index contributed by atoms with van der Waals surface area (Å²) in [5.41, 5.74) is 0.860. The number of phenolic OH excluding ortho intramolecular Hbond substituents is 1. The van der Waals surface area contributed by atoms with E-state index in [4.69, 9.17) is 0 Å². The highest BCUT2D eigenvalue weighted by Crippen LogP contribution is 2.30. The Labute approximate surface area is 82.9 Å². The fraction of sp³-hybridized carbons (Fsp3) is 0.250. The lowest BCUT2D eigenvalue weighted by Crippen LogP contribution is -1.93. The minimum absolute atomic E-state index is 0.202. The molecular formula is C12H12O2. The first-order valence-electron chi connectivity index (χ1n) is 4.76. The summed E-state index contributed by atoms with van der Waals surface area (Å²) in [5.74, 6) is 0.697. The molecule has 0 atom stereocenters. The van der Waals surface area contributed by atoms with Crippen LogP contribution in [0, 0.1) is 5.92 Å². The number of phenols is 1. The zero-order valence-electron chi connectivity index (χ0n) is 7.81. The van der Waals surface area contributed by atoms with Crippen molar-refractivity contribution in [2.24, 2.45) is 5.92 Å². The van der Waals surface area contributed by atoms with Gasteiger partial charge in [-0.25, -0.2) is 0 Å². The first-order valence-corrected chi connectivity index (χ1v) is 4.76. The maximum absolute atomic E-state index is 11.3. The van der Waals surface area contributed by atoms with E-state index < -0.39 is 0 Å². The molecule has 1 N–H and O–H groups in total. The second kappa shape index (κ2) is 3.66. The Hall–Kier alpha value is -1.57. The van der Waals surface area contributed by atoms with Gasteiger partial charge in [-0.05, 0) is 36.6 Å². The van der Waals surface area contributed by atoms with Gasteiger partial charge in [-0.15, -0.1) is 0 Å². The number of hydrogen-bond donors (Lipinski definition) is 1. The van der Waals surface area contributed by atoms with Gasteiger partial charge in [0.1, 0.15) is 5.75 Å². The van der Waals surface area contributed by atoms with Crippen molar-refractivity contribution >= 4 is 11.9 Å². The van der Waals surface area contributed by atoms with E-state index in [1.165, 1.54) is 0 Å². The summed E-state index contributed by atoms with van der Waals surface area (Å²) in [6.45, 7) is 0. The largest absolute Gasteiger partial charge is 0.508 e. The average Bonchev–Trinajstić information content (AvgIpc) is 2.97. The van der Waals surface area contributed by atoms with E-state index in [0.717, 1.165) is 18.4 Å². The molecule has 0 aliphatic heterocycles. The number of allylic oxidation sites excluding steroid dienone is 1. The van der Waals surface area contributed by atoms with E-state index in [1.807, 2.05) is 6.07 Å². The first-order chi connectivity index (χ1) is 6.75. The van der Waals surface area contributed by atoms with Gasteiger partial charge in [0.05, 0.1) is 0 Å². The molecule has 1 aromatic carbocycles. The van der Waals surface area contributed by atoms with Crippen LogP contribution < -0.4 is 0 Å². The Bertz CT molecular complexity index is 376. The zero-order chi connectivity index (χ0) is 9.97. The van der Waals surface area contributed by atoms with Crippen LogP contribution in [0.15, 0.2) is 30.3 Å². The number of benzene rings is 1. The van der Waals surface area contributed by atoms with Gasteiger partial charge in [0.15, 0.2) is 5.78 Å². The molecule has 0 heterocycles. The van der Waals surface area contributed by atoms with Crippen molar-refractivity contribution in [3.63, 3.8) is 0 Å². The number of hydrogen-bond acceptors (Lipinski definition) is 2. The topological polar surface area (TPSA) is 37.3 Å². The van der Waals surface area contributed by atoms with Crippen LogP contribution in [0.4, 0.5) is 0 Å². The lowest BCUT2D eigenvalue weighted by Gasteiger charge is -1.94. The van der Waals surface area contributed by atoms with Crippen molar-refractivity contribution in [1.82, 2.24) is 0 Å². The average molecular weight is 188 g/mol. The molecule has 2 rings (SSSR count). The molecule has 72 valence electrons. The second-order valence-electron chi connectivity index (χ2n) is 3.60. The third-order valence-electron chi connectivity index (χ3n) is 2.29. The summed E-state index contributed by atoms with van der Waals surface area (Å²) < 4.78 is 0. The lowest BCUT2D eigenvalue weighted by molar-refractivity contribution is -0.115. The number of carbonyl (C=O) groups is 1. The molecule has 0 aromatic heterocycles. The fourth-order valence-corrected chi connectivity index (χ4v) is 1.31. The highest BCUT2D eigenvalue weighted by atomic mass is 16.3. The van der Waals surface area contributed by atoms with Crippen LogP contribution in [0.25, 0.3) is 6.08 Å². The van der Waals surface area contributed by atoms with Crippen LogP contribution in [0.3, 0.4) is 0 Å². The summed E-state index contributed by atoms with van der Waals surface area (Å²) in [6.07, 6.45) is 5.42. The molecule has 0 bridgehead atoms. The fourth-order valence-electron chi connectivity index (χ4n) is 1.31. The second-order valence-corrected chi connectivity index (χ2v) is 3.60. The predicted octanol–water partition coefficient (Wildman–Crippen LogP) is 2.38. The zero-order valence-corrected chi connectivity index (χ0v) is 7.81. The molecule has 1 aliphatic carbocycles. The van der Waals surface area contributed by atoms with Crippen LogP contribution in [0.1, 0.15) is 18.4 Å². The molecule has 1 aliphatic rings. The summed E-state index contributed by atoms with van der Waals surface area (Å²) in [4.78, 5) is 11.3. The normalized spacial score (nSPS) is 16.0. The van der Waals surface area contributed by atoms with Crippen molar-refractivity contribution in [3.05, 3.63) is 35.9 Å². The lowest BCUT2D eigenvalue weighted by atomic mass is 10.1. The maximum atomic E-state index is 11.3. The monoisotopic (exact) mass is 188 g/mol. The molecule has 0 amide bonds. The molecule has 0 radical (unpaired) electrons. The van der Waals surface area contributed by atoms with Gasteiger partial charge >= 0.3 is 0 Å². The minimum Gasteiger partial charge on any atom is -0.508 e. The SMILES string of the molecule is O=C(/C=C/c1cccc(O)c1)C1CC1. The van der Waals surface area contributed by atoms with E-state index in [0.29, 0.717) is 0 Å². The molecule has 2 heteroatoms. The number of rotatable bonds is 3. The van der Waals surface area contributed by atoms with Crippen molar-refractivity contribution in [1.29, 1.82) is 0 Å². The van der Waals surface area contributed by atoms with Gasteiger partial charge < -0.3 is 5.11 Å². The van der Waals surface area contributed by atoms with Gasteiger partial charge in [-0.1, -0.05) is 18.2 Å². The Morgan fingerprint density at radius 2 is 2.21 bits per heavy atom. The minimum atomic E-state index is 0.202. The van der Waals surface area contributed by atoms with Crippen molar-refractivity contribution in [2.45, 2.75) is 12.8 Å². The highest BCUT2D eigenvalue weighted by Gasteiger charge is 2.27. The third-order valence-corrected chi connectivity index (χ3v) is 2.29. The van der Waals surface area contributed by atoms with Crippen LogP contribution in [-0.2, 0) is 4.79 Å². The van der Waals surface area contributed by atoms with Gasteiger partial charge in [-0.2, -0.15) is 0 Å². The Balaban J connectivity index is 2.05. The van der Waals surface area contributed by atoms with E-state index >= 15 is 0 Å². The summed E-state index contributed by atoms with van der Waals surface area (Å²) in [5, 5.41) is 9.18. The standard InChI is InChI=1S/C12H12O2/c13-11-3-1-2-9(8-11)4-7-12(14)10-5-6-10/h1-4,7-8,10,13H,5-6H2/b7-4+. The smallest absolute Gasteiger partial charge is 0.158 e. The Morgan fingerprint density at radius 1 is 1.43 bits per heavy atom. The molecule has 2 nitrogen and oxygen atoms in total. The molecule has 14 heavy (non-hydrogen) atoms. The van der Waals surface area contributed by atoms with Crippen LogP contribution in [0.5, 0.6) is 5.75 Å². The molecule has 0 unspecified atom stereocenters. The quantitative estimate of drug-likeness (QED) is 0.739. The summed E-state index contributed by atoms with van der Waals surface area (Å²) in [7, 11) is 0. The van der Waals surface area contributed by atoms with E-state index in [1.54, 1.807) is 30.4 Å². The Kier molecular flexibility index (Phi) is 2.35. The van der Waals surface area contributed by atoms with E-state index in [9.17, 15) is 9.90 Å². The first kappa shape index (κ1) is 9.00. The molecule has 1 aromatic rings. The molecule has 0 saturated heterocycles. The summed E-state index contributed by atoms with van der Waals surface area (Å²) >= 11 is 0. The summed E-state index contributed by atoms with van der Waals surface area (Å²) in [6, 6.07) is 6.86. The van der Waals surface area contributed by atoms with Gasteiger partial charge in [-0.3, -0.25) is 4.79 Å².